The minimum Gasteiger partial charge on any atom is -0.489 e. The Hall–Kier alpha value is -2.78. The van der Waals surface area contributed by atoms with Crippen molar-refractivity contribution in [2.75, 3.05) is 6.54 Å². The molecule has 0 aliphatic heterocycles. The molecule has 0 aliphatic rings. The van der Waals surface area contributed by atoms with Gasteiger partial charge in [0.05, 0.1) is 0 Å². The molecule has 3 aromatic carbocycles. The number of halogens is 1. The lowest BCUT2D eigenvalue weighted by Gasteiger charge is -2.13. The third kappa shape index (κ3) is 5.35. The van der Waals surface area contributed by atoms with Crippen molar-refractivity contribution in [1.82, 2.24) is 5.32 Å². The van der Waals surface area contributed by atoms with Crippen LogP contribution in [-0.2, 0) is 6.61 Å². The summed E-state index contributed by atoms with van der Waals surface area (Å²) in [7, 11) is 0. The third-order valence-corrected chi connectivity index (χ3v) is 4.77. The molecule has 4 heteroatoms. The van der Waals surface area contributed by atoms with E-state index in [0.717, 1.165) is 5.56 Å². The summed E-state index contributed by atoms with van der Waals surface area (Å²) >= 11 is 6.13. The van der Waals surface area contributed by atoms with Gasteiger partial charge in [-0.1, -0.05) is 67.1 Å². The normalized spacial score (nSPS) is 11.6. The Kier molecular flexibility index (Phi) is 6.50. The molecule has 0 heterocycles. The molecular weight excluding hydrogens is 358 g/mol. The fourth-order valence-electron chi connectivity index (χ4n) is 2.73. The minimum absolute atomic E-state index is 0.0876. The monoisotopic (exact) mass is 379 g/mol. The van der Waals surface area contributed by atoms with Crippen molar-refractivity contribution in [2.24, 2.45) is 0 Å². The fourth-order valence-corrected chi connectivity index (χ4v) is 2.92. The maximum Gasteiger partial charge on any atom is 0.251 e. The molecule has 0 spiro atoms. The molecule has 138 valence electrons. The van der Waals surface area contributed by atoms with Crippen LogP contribution >= 0.6 is 11.6 Å². The molecule has 3 nitrogen and oxygen atoms in total. The van der Waals surface area contributed by atoms with E-state index >= 15 is 0 Å². The summed E-state index contributed by atoms with van der Waals surface area (Å²) < 4.78 is 5.75. The van der Waals surface area contributed by atoms with E-state index < -0.39 is 0 Å². The molecule has 1 atom stereocenters. The highest BCUT2D eigenvalue weighted by Gasteiger charge is 2.09. The molecule has 0 aliphatic carbocycles. The van der Waals surface area contributed by atoms with Crippen LogP contribution in [-0.4, -0.2) is 12.5 Å². The highest BCUT2D eigenvalue weighted by Crippen LogP contribution is 2.19. The van der Waals surface area contributed by atoms with Gasteiger partial charge >= 0.3 is 0 Å². The quantitative estimate of drug-likeness (QED) is 0.592. The molecule has 0 unspecified atom stereocenters. The van der Waals surface area contributed by atoms with E-state index in [9.17, 15) is 4.79 Å². The highest BCUT2D eigenvalue weighted by atomic mass is 35.5. The highest BCUT2D eigenvalue weighted by molar-refractivity contribution is 6.31. The topological polar surface area (TPSA) is 38.3 Å². The zero-order valence-electron chi connectivity index (χ0n) is 15.2. The zero-order chi connectivity index (χ0) is 19.1. The van der Waals surface area contributed by atoms with Gasteiger partial charge in [0.25, 0.3) is 5.91 Å². The van der Waals surface area contributed by atoms with Gasteiger partial charge in [-0.3, -0.25) is 4.79 Å². The smallest absolute Gasteiger partial charge is 0.251 e. The zero-order valence-corrected chi connectivity index (χ0v) is 15.9. The van der Waals surface area contributed by atoms with Gasteiger partial charge in [0.15, 0.2) is 0 Å². The largest absolute Gasteiger partial charge is 0.489 e. The van der Waals surface area contributed by atoms with Gasteiger partial charge in [-0.15, -0.1) is 0 Å². The first kappa shape index (κ1) is 19.0. The molecule has 0 bridgehead atoms. The summed E-state index contributed by atoms with van der Waals surface area (Å²) in [6, 6.07) is 24.9. The molecular formula is C23H22ClNO2. The van der Waals surface area contributed by atoms with E-state index in [2.05, 4.69) is 24.4 Å². The molecule has 27 heavy (non-hydrogen) atoms. The van der Waals surface area contributed by atoms with Crippen LogP contribution in [0.1, 0.15) is 34.3 Å². The molecule has 0 saturated carbocycles. The van der Waals surface area contributed by atoms with Crippen LogP contribution in [0.4, 0.5) is 0 Å². The number of ether oxygens (including phenoxy) is 1. The molecule has 0 aromatic heterocycles. The molecule has 1 amide bonds. The maximum absolute atomic E-state index is 12.3. The van der Waals surface area contributed by atoms with Gasteiger partial charge in [-0.25, -0.2) is 0 Å². The molecule has 0 saturated heterocycles. The van der Waals surface area contributed by atoms with Gasteiger partial charge in [-0.05, 0) is 41.8 Å². The van der Waals surface area contributed by atoms with Gasteiger partial charge in [0.2, 0.25) is 0 Å². The number of hydrogen-bond donors (Lipinski definition) is 1. The van der Waals surface area contributed by atoms with E-state index in [1.54, 1.807) is 24.3 Å². The average Bonchev–Trinajstić information content (AvgIpc) is 2.72. The van der Waals surface area contributed by atoms with E-state index in [-0.39, 0.29) is 11.8 Å². The number of carbonyl (C=O) groups is 1. The van der Waals surface area contributed by atoms with Crippen molar-refractivity contribution >= 4 is 17.5 Å². The van der Waals surface area contributed by atoms with Gasteiger partial charge in [0.1, 0.15) is 12.4 Å². The van der Waals surface area contributed by atoms with Crippen molar-refractivity contribution in [3.8, 4) is 5.75 Å². The van der Waals surface area contributed by atoms with Crippen LogP contribution in [0.15, 0.2) is 78.9 Å². The molecule has 0 fully saturated rings. The number of benzene rings is 3. The van der Waals surface area contributed by atoms with Crippen molar-refractivity contribution in [2.45, 2.75) is 19.4 Å². The molecule has 0 radical (unpaired) electrons. The first-order valence-corrected chi connectivity index (χ1v) is 9.30. The van der Waals surface area contributed by atoms with Crippen molar-refractivity contribution in [3.63, 3.8) is 0 Å². The van der Waals surface area contributed by atoms with Crippen LogP contribution in [0, 0.1) is 0 Å². The van der Waals surface area contributed by atoms with Crippen molar-refractivity contribution in [3.05, 3.63) is 101 Å². The molecule has 3 rings (SSSR count). The summed E-state index contributed by atoms with van der Waals surface area (Å²) in [5.74, 6) is 0.868. The lowest BCUT2D eigenvalue weighted by molar-refractivity contribution is 0.0951. The van der Waals surface area contributed by atoms with Gasteiger partial charge in [-0.2, -0.15) is 0 Å². The number of hydrogen-bond acceptors (Lipinski definition) is 2. The summed E-state index contributed by atoms with van der Waals surface area (Å²) in [6.07, 6.45) is 0. The number of amides is 1. The summed E-state index contributed by atoms with van der Waals surface area (Å²) in [5.41, 5.74) is 2.75. The number of nitrogens with one attached hydrogen (secondary N) is 1. The number of carbonyl (C=O) groups excluding carboxylic acids is 1. The molecule has 3 aromatic rings. The van der Waals surface area contributed by atoms with E-state index in [4.69, 9.17) is 16.3 Å². The Morgan fingerprint density at radius 1 is 0.963 bits per heavy atom. The standard InChI is InChI=1S/C23H22ClNO2/c1-17(18-7-3-2-4-8-18)15-25-23(26)19-11-13-21(14-12-19)27-16-20-9-5-6-10-22(20)24/h2-14,17H,15-16H2,1H3,(H,25,26)/t17-/m0/s1. The van der Waals surface area contributed by atoms with Crippen LogP contribution in [0.2, 0.25) is 5.02 Å². The Morgan fingerprint density at radius 2 is 1.63 bits per heavy atom. The minimum atomic E-state index is -0.0876. The van der Waals surface area contributed by atoms with Gasteiger partial charge < -0.3 is 10.1 Å². The first-order valence-electron chi connectivity index (χ1n) is 8.93. The Balaban J connectivity index is 1.52. The second-order valence-electron chi connectivity index (χ2n) is 6.43. The van der Waals surface area contributed by atoms with Crippen LogP contribution in [0.3, 0.4) is 0 Å². The van der Waals surface area contributed by atoms with Crippen LogP contribution in [0.5, 0.6) is 5.75 Å². The first-order chi connectivity index (χ1) is 13.1. The Bertz CT molecular complexity index is 878. The SMILES string of the molecule is C[C@@H](CNC(=O)c1ccc(OCc2ccccc2Cl)cc1)c1ccccc1. The Labute approximate surface area is 164 Å². The Morgan fingerprint density at radius 3 is 2.33 bits per heavy atom. The summed E-state index contributed by atoms with van der Waals surface area (Å²) in [5, 5.41) is 3.67. The van der Waals surface area contributed by atoms with Crippen LogP contribution < -0.4 is 10.1 Å². The third-order valence-electron chi connectivity index (χ3n) is 4.41. The number of rotatable bonds is 7. The van der Waals surface area contributed by atoms with E-state index in [0.29, 0.717) is 29.5 Å². The van der Waals surface area contributed by atoms with Crippen molar-refractivity contribution in [1.29, 1.82) is 0 Å². The predicted octanol–water partition coefficient (Wildman–Crippen LogP) is 5.45. The molecule has 1 N–H and O–H groups in total. The maximum atomic E-state index is 12.3. The van der Waals surface area contributed by atoms with E-state index in [1.165, 1.54) is 5.56 Å². The lowest BCUT2D eigenvalue weighted by atomic mass is 10.0. The van der Waals surface area contributed by atoms with E-state index in [1.807, 2.05) is 42.5 Å². The lowest BCUT2D eigenvalue weighted by Crippen LogP contribution is -2.27. The summed E-state index contributed by atoms with van der Waals surface area (Å²) in [6.45, 7) is 3.08. The van der Waals surface area contributed by atoms with Crippen molar-refractivity contribution < 1.29 is 9.53 Å². The average molecular weight is 380 g/mol. The van der Waals surface area contributed by atoms with Gasteiger partial charge in [0, 0.05) is 22.7 Å². The van der Waals surface area contributed by atoms with Crippen LogP contribution in [0.25, 0.3) is 0 Å². The predicted molar refractivity (Wildman–Crippen MR) is 109 cm³/mol. The second kappa shape index (κ2) is 9.24. The second-order valence-corrected chi connectivity index (χ2v) is 6.83. The summed E-state index contributed by atoms with van der Waals surface area (Å²) in [4.78, 5) is 12.3. The fraction of sp³-hybridized carbons (Fsp3) is 0.174.